The molecule has 2 aromatic carbocycles. The van der Waals surface area contributed by atoms with Crippen LogP contribution in [0.25, 0.3) is 11.0 Å². The molecule has 0 radical (unpaired) electrons. The highest BCUT2D eigenvalue weighted by molar-refractivity contribution is 6.05. The summed E-state index contributed by atoms with van der Waals surface area (Å²) in [4.78, 5) is 20.1. The quantitative estimate of drug-likeness (QED) is 0.724. The summed E-state index contributed by atoms with van der Waals surface area (Å²) < 4.78 is 1.94. The maximum Gasteiger partial charge on any atom is 0.256 e. The van der Waals surface area contributed by atoms with Crippen molar-refractivity contribution in [3.8, 4) is 0 Å². The molecule has 1 saturated heterocycles. The van der Waals surface area contributed by atoms with Gasteiger partial charge in [0, 0.05) is 25.6 Å². The summed E-state index contributed by atoms with van der Waals surface area (Å²) in [5, 5.41) is 11.7. The predicted octanol–water partition coefficient (Wildman–Crippen LogP) is 3.87. The molecule has 5 rings (SSSR count). The molecule has 3 aromatic rings. The molecular formula is C24H27N3O2. The first-order valence-corrected chi connectivity index (χ1v) is 10.6. The summed E-state index contributed by atoms with van der Waals surface area (Å²) in [7, 11) is 1.95. The van der Waals surface area contributed by atoms with E-state index in [-0.39, 0.29) is 17.9 Å². The predicted molar refractivity (Wildman–Crippen MR) is 112 cm³/mol. The van der Waals surface area contributed by atoms with Gasteiger partial charge in [-0.2, -0.15) is 0 Å². The third-order valence-electron chi connectivity index (χ3n) is 7.00. The monoisotopic (exact) mass is 389 g/mol. The topological polar surface area (TPSA) is 58.4 Å². The molecular weight excluding hydrogens is 362 g/mol. The number of aliphatic hydroxyl groups is 1. The molecule has 0 spiro atoms. The Morgan fingerprint density at radius 1 is 1.10 bits per heavy atom. The normalized spacial score (nSPS) is 27.0. The Kier molecular flexibility index (Phi) is 4.43. The number of hydrogen-bond donors (Lipinski definition) is 1. The van der Waals surface area contributed by atoms with Gasteiger partial charge in [0.15, 0.2) is 0 Å². The van der Waals surface area contributed by atoms with Crippen molar-refractivity contribution in [3.05, 3.63) is 66.0 Å². The molecule has 2 fully saturated rings. The Hall–Kier alpha value is -2.66. The SMILES string of the molecule is Cn1cnc2c(C(=O)N3CCC(O)(c4ccccc4)C4CCCCC43)cccc21. The van der Waals surface area contributed by atoms with Gasteiger partial charge in [0.1, 0.15) is 5.52 Å². The van der Waals surface area contributed by atoms with E-state index >= 15 is 0 Å². The molecule has 3 atom stereocenters. The molecule has 5 heteroatoms. The van der Waals surface area contributed by atoms with Crippen LogP contribution in [0.1, 0.15) is 48.0 Å². The van der Waals surface area contributed by atoms with Crippen LogP contribution >= 0.6 is 0 Å². The number of amides is 1. The van der Waals surface area contributed by atoms with Gasteiger partial charge in [0.2, 0.25) is 0 Å². The van der Waals surface area contributed by atoms with Gasteiger partial charge in [-0.3, -0.25) is 4.79 Å². The number of aromatic nitrogens is 2. The van der Waals surface area contributed by atoms with E-state index in [1.165, 1.54) is 0 Å². The zero-order chi connectivity index (χ0) is 20.0. The fourth-order valence-electron chi connectivity index (χ4n) is 5.51. The standard InChI is InChI=1S/C24H27N3O2/c1-26-16-25-22-18(10-7-13-21(22)26)23(28)27-15-14-24(29,17-8-3-2-4-9-17)19-11-5-6-12-20(19)27/h2-4,7-10,13,16,19-20,29H,5-6,11-12,14-15H2,1H3. The van der Waals surface area contributed by atoms with Gasteiger partial charge in [0.25, 0.3) is 5.91 Å². The van der Waals surface area contributed by atoms with Gasteiger partial charge in [0.05, 0.1) is 23.0 Å². The average molecular weight is 389 g/mol. The minimum atomic E-state index is -0.861. The summed E-state index contributed by atoms with van der Waals surface area (Å²) in [6.07, 6.45) is 6.44. The summed E-state index contributed by atoms with van der Waals surface area (Å²) in [5.74, 6) is 0.112. The Balaban J connectivity index is 1.51. The van der Waals surface area contributed by atoms with E-state index in [0.29, 0.717) is 18.5 Å². The van der Waals surface area contributed by atoms with Gasteiger partial charge in [-0.15, -0.1) is 0 Å². The number of carbonyl (C=O) groups excluding carboxylic acids is 1. The van der Waals surface area contributed by atoms with Crippen molar-refractivity contribution in [1.82, 2.24) is 14.5 Å². The number of nitrogens with zero attached hydrogens (tertiary/aromatic N) is 3. The van der Waals surface area contributed by atoms with Gasteiger partial charge in [-0.25, -0.2) is 4.98 Å². The van der Waals surface area contributed by atoms with Crippen LogP contribution in [0.15, 0.2) is 54.9 Å². The van der Waals surface area contributed by atoms with E-state index < -0.39 is 5.60 Å². The lowest BCUT2D eigenvalue weighted by molar-refractivity contribution is -0.110. The van der Waals surface area contributed by atoms with E-state index in [1.54, 1.807) is 6.33 Å². The number of carbonyl (C=O) groups is 1. The molecule has 1 saturated carbocycles. The van der Waals surface area contributed by atoms with Crippen LogP contribution in [-0.4, -0.2) is 38.1 Å². The number of imidazole rings is 1. The van der Waals surface area contributed by atoms with Crippen LogP contribution in [0.3, 0.4) is 0 Å². The van der Waals surface area contributed by atoms with Crippen molar-refractivity contribution in [2.45, 2.75) is 43.7 Å². The summed E-state index contributed by atoms with van der Waals surface area (Å²) in [6.45, 7) is 0.564. The zero-order valence-electron chi connectivity index (χ0n) is 16.8. The molecule has 1 aromatic heterocycles. The molecule has 1 N–H and O–H groups in total. The van der Waals surface area contributed by atoms with Crippen molar-refractivity contribution >= 4 is 16.9 Å². The Bertz CT molecular complexity index is 1040. The van der Waals surface area contributed by atoms with Crippen molar-refractivity contribution in [2.24, 2.45) is 13.0 Å². The summed E-state index contributed by atoms with van der Waals surface area (Å²) in [5.41, 5.74) is 2.51. The number of likely N-dealkylation sites (tertiary alicyclic amines) is 1. The largest absolute Gasteiger partial charge is 0.385 e. The lowest BCUT2D eigenvalue weighted by Crippen LogP contribution is -2.59. The first-order valence-electron chi connectivity index (χ1n) is 10.6. The maximum absolute atomic E-state index is 13.6. The van der Waals surface area contributed by atoms with Gasteiger partial charge < -0.3 is 14.6 Å². The van der Waals surface area contributed by atoms with Crippen molar-refractivity contribution in [3.63, 3.8) is 0 Å². The van der Waals surface area contributed by atoms with Crippen LogP contribution in [-0.2, 0) is 12.6 Å². The van der Waals surface area contributed by atoms with Gasteiger partial charge >= 0.3 is 0 Å². The number of piperidine rings is 1. The van der Waals surface area contributed by atoms with Crippen LogP contribution < -0.4 is 0 Å². The second-order valence-electron chi connectivity index (χ2n) is 8.53. The van der Waals surface area contributed by atoms with Crippen molar-refractivity contribution in [2.75, 3.05) is 6.54 Å². The van der Waals surface area contributed by atoms with Crippen LogP contribution in [0.5, 0.6) is 0 Å². The molecule has 3 unspecified atom stereocenters. The van der Waals surface area contributed by atoms with Gasteiger partial charge in [-0.1, -0.05) is 49.2 Å². The van der Waals surface area contributed by atoms with Crippen LogP contribution in [0.4, 0.5) is 0 Å². The fraction of sp³-hybridized carbons (Fsp3) is 0.417. The van der Waals surface area contributed by atoms with Crippen molar-refractivity contribution in [1.29, 1.82) is 0 Å². The highest BCUT2D eigenvalue weighted by atomic mass is 16.3. The number of rotatable bonds is 2. The van der Waals surface area contributed by atoms with E-state index in [0.717, 1.165) is 42.3 Å². The minimum Gasteiger partial charge on any atom is -0.385 e. The van der Waals surface area contributed by atoms with Crippen molar-refractivity contribution < 1.29 is 9.90 Å². The molecule has 0 bridgehead atoms. The smallest absolute Gasteiger partial charge is 0.256 e. The van der Waals surface area contributed by atoms with E-state index in [9.17, 15) is 9.90 Å². The number of aryl methyl sites for hydroxylation is 1. The molecule has 2 aliphatic rings. The molecule has 2 heterocycles. The molecule has 5 nitrogen and oxygen atoms in total. The lowest BCUT2D eigenvalue weighted by Gasteiger charge is -2.52. The van der Waals surface area contributed by atoms with E-state index in [4.69, 9.17) is 0 Å². The molecule has 29 heavy (non-hydrogen) atoms. The molecule has 1 amide bonds. The first-order chi connectivity index (χ1) is 14.1. The Morgan fingerprint density at radius 2 is 1.90 bits per heavy atom. The Morgan fingerprint density at radius 3 is 2.72 bits per heavy atom. The number of fused-ring (bicyclic) bond motifs is 2. The minimum absolute atomic E-state index is 0.0429. The number of benzene rings is 2. The maximum atomic E-state index is 13.6. The molecule has 150 valence electrons. The second-order valence-corrected chi connectivity index (χ2v) is 8.53. The number of para-hydroxylation sites is 1. The second kappa shape index (κ2) is 6.99. The third kappa shape index (κ3) is 2.87. The summed E-state index contributed by atoms with van der Waals surface area (Å²) >= 11 is 0. The van der Waals surface area contributed by atoms with Crippen LogP contribution in [0.2, 0.25) is 0 Å². The highest BCUT2D eigenvalue weighted by Crippen LogP contribution is 2.47. The van der Waals surface area contributed by atoms with Gasteiger partial charge in [-0.05, 0) is 37.0 Å². The highest BCUT2D eigenvalue weighted by Gasteiger charge is 2.50. The molecule has 1 aliphatic heterocycles. The van der Waals surface area contributed by atoms with Crippen LogP contribution in [0, 0.1) is 5.92 Å². The zero-order valence-corrected chi connectivity index (χ0v) is 16.8. The number of hydrogen-bond acceptors (Lipinski definition) is 3. The lowest BCUT2D eigenvalue weighted by atomic mass is 9.66. The Labute approximate surface area is 171 Å². The first kappa shape index (κ1) is 18.4. The molecule has 1 aliphatic carbocycles. The third-order valence-corrected chi connectivity index (χ3v) is 7.00. The summed E-state index contributed by atoms with van der Waals surface area (Å²) in [6, 6.07) is 15.9. The van der Waals surface area contributed by atoms with E-state index in [2.05, 4.69) is 4.98 Å². The average Bonchev–Trinajstić information content (AvgIpc) is 3.15. The van der Waals surface area contributed by atoms with E-state index in [1.807, 2.05) is 65.0 Å². The fourth-order valence-corrected chi connectivity index (χ4v) is 5.51.